The topological polar surface area (TPSA) is 86.6 Å². The van der Waals surface area contributed by atoms with Gasteiger partial charge < -0.3 is 15.5 Å². The number of hydrogen-bond acceptors (Lipinski definition) is 3. The molecule has 5 nitrogen and oxygen atoms in total. The van der Waals surface area contributed by atoms with Crippen molar-refractivity contribution in [2.24, 2.45) is 5.92 Å². The van der Waals surface area contributed by atoms with Gasteiger partial charge in [0, 0.05) is 0 Å². The van der Waals surface area contributed by atoms with Crippen LogP contribution in [0.4, 0.5) is 4.39 Å². The third-order valence-corrected chi connectivity index (χ3v) is 3.43. The molecule has 1 aromatic rings. The first-order chi connectivity index (χ1) is 8.86. The highest BCUT2D eigenvalue weighted by molar-refractivity contribution is 6.00. The van der Waals surface area contributed by atoms with E-state index in [4.69, 9.17) is 0 Å². The van der Waals surface area contributed by atoms with E-state index < -0.39 is 34.5 Å². The van der Waals surface area contributed by atoms with Gasteiger partial charge in [-0.3, -0.25) is 4.79 Å². The Morgan fingerprint density at radius 2 is 2.05 bits per heavy atom. The summed E-state index contributed by atoms with van der Waals surface area (Å²) < 4.78 is 13.5. The molecule has 6 heteroatoms. The van der Waals surface area contributed by atoms with E-state index in [0.717, 1.165) is 6.07 Å². The molecule has 1 aromatic carbocycles. The quantitative estimate of drug-likeness (QED) is 0.771. The van der Waals surface area contributed by atoms with Gasteiger partial charge in [-0.15, -0.1) is 0 Å². The van der Waals surface area contributed by atoms with Crippen LogP contribution >= 0.6 is 0 Å². The van der Waals surface area contributed by atoms with E-state index in [1.807, 2.05) is 0 Å². The fraction of sp³-hybridized carbons (Fsp3) is 0.385. The van der Waals surface area contributed by atoms with Gasteiger partial charge in [0.25, 0.3) is 5.91 Å². The second kappa shape index (κ2) is 4.53. The molecule has 0 aliphatic heterocycles. The number of rotatable bonds is 4. The van der Waals surface area contributed by atoms with E-state index in [1.54, 1.807) is 0 Å². The van der Waals surface area contributed by atoms with Gasteiger partial charge in [0.15, 0.2) is 0 Å². The lowest BCUT2D eigenvalue weighted by Crippen LogP contribution is -2.54. The van der Waals surface area contributed by atoms with E-state index in [1.165, 1.54) is 19.1 Å². The maximum absolute atomic E-state index is 13.5. The number of aliphatic carboxylic acids is 1. The summed E-state index contributed by atoms with van der Waals surface area (Å²) >= 11 is 0. The molecule has 1 aliphatic rings. The van der Waals surface area contributed by atoms with Gasteiger partial charge in [0.1, 0.15) is 22.7 Å². The predicted molar refractivity (Wildman–Crippen MR) is 64.3 cm³/mol. The Balaban J connectivity index is 2.28. The minimum atomic E-state index is -1.44. The normalized spacial score (nSPS) is 17.6. The molecule has 1 saturated carbocycles. The highest BCUT2D eigenvalue weighted by Gasteiger charge is 2.49. The number of hydrogen-bond donors (Lipinski definition) is 3. The second-order valence-corrected chi connectivity index (χ2v) is 4.87. The average Bonchev–Trinajstić information content (AvgIpc) is 3.12. The summed E-state index contributed by atoms with van der Waals surface area (Å²) in [4.78, 5) is 23.2. The number of nitrogens with one attached hydrogen (secondary N) is 1. The predicted octanol–water partition coefficient (Wildman–Crippen LogP) is 1.51. The number of carbonyl (C=O) groups excluding carboxylic acids is 1. The van der Waals surface area contributed by atoms with Crippen molar-refractivity contribution >= 4 is 11.9 Å². The number of amides is 1. The molecular weight excluding hydrogens is 253 g/mol. The Hall–Kier alpha value is -2.11. The minimum absolute atomic E-state index is 0.164. The lowest BCUT2D eigenvalue weighted by atomic mass is 9.95. The third-order valence-electron chi connectivity index (χ3n) is 3.43. The monoisotopic (exact) mass is 267 g/mol. The van der Waals surface area contributed by atoms with E-state index in [0.29, 0.717) is 12.8 Å². The molecule has 2 rings (SSSR count). The van der Waals surface area contributed by atoms with Crippen molar-refractivity contribution in [3.63, 3.8) is 0 Å². The van der Waals surface area contributed by atoms with Crippen LogP contribution in [0, 0.1) is 11.7 Å². The van der Waals surface area contributed by atoms with E-state index in [9.17, 15) is 24.2 Å². The van der Waals surface area contributed by atoms with Crippen LogP contribution in [-0.4, -0.2) is 27.6 Å². The lowest BCUT2D eigenvalue weighted by Gasteiger charge is -2.26. The Labute approximate surface area is 109 Å². The number of carboxylic acid groups (broad SMARTS) is 1. The molecule has 0 aromatic heterocycles. The van der Waals surface area contributed by atoms with Gasteiger partial charge >= 0.3 is 5.97 Å². The van der Waals surface area contributed by atoms with Crippen LogP contribution in [-0.2, 0) is 4.79 Å². The van der Waals surface area contributed by atoms with Crippen molar-refractivity contribution in [3.05, 3.63) is 29.6 Å². The number of carbonyl (C=O) groups is 2. The van der Waals surface area contributed by atoms with Gasteiger partial charge in [-0.05, 0) is 37.8 Å². The lowest BCUT2D eigenvalue weighted by molar-refractivity contribution is -0.144. The second-order valence-electron chi connectivity index (χ2n) is 4.87. The minimum Gasteiger partial charge on any atom is -0.507 e. The Morgan fingerprint density at radius 1 is 1.42 bits per heavy atom. The van der Waals surface area contributed by atoms with Crippen LogP contribution in [0.15, 0.2) is 18.2 Å². The largest absolute Gasteiger partial charge is 0.507 e. The summed E-state index contributed by atoms with van der Waals surface area (Å²) in [5.41, 5.74) is -1.97. The number of halogens is 1. The molecule has 0 spiro atoms. The van der Waals surface area contributed by atoms with Crippen LogP contribution < -0.4 is 5.32 Å². The maximum Gasteiger partial charge on any atom is 0.329 e. The maximum atomic E-state index is 13.5. The fourth-order valence-electron chi connectivity index (χ4n) is 2.03. The molecule has 0 heterocycles. The van der Waals surface area contributed by atoms with Crippen molar-refractivity contribution in [2.45, 2.75) is 25.3 Å². The SMILES string of the molecule is CC(NC(=O)c1c(O)cccc1F)(C(=O)O)C1CC1. The fourth-order valence-corrected chi connectivity index (χ4v) is 2.03. The summed E-state index contributed by atoms with van der Waals surface area (Å²) in [5, 5.41) is 21.0. The van der Waals surface area contributed by atoms with Gasteiger partial charge in [-0.1, -0.05) is 6.07 Å². The molecule has 1 fully saturated rings. The number of benzene rings is 1. The van der Waals surface area contributed by atoms with Gasteiger partial charge in [0.2, 0.25) is 0 Å². The van der Waals surface area contributed by atoms with Crippen LogP contribution in [0.5, 0.6) is 5.75 Å². The average molecular weight is 267 g/mol. The Bertz CT molecular complexity index is 521. The smallest absolute Gasteiger partial charge is 0.329 e. The van der Waals surface area contributed by atoms with Crippen molar-refractivity contribution < 1.29 is 24.2 Å². The summed E-state index contributed by atoms with van der Waals surface area (Å²) in [5.74, 6) is -3.66. The first kappa shape index (κ1) is 13.3. The molecule has 102 valence electrons. The van der Waals surface area contributed by atoms with Crippen LogP contribution in [0.1, 0.15) is 30.1 Å². The molecule has 0 bridgehead atoms. The van der Waals surface area contributed by atoms with Crippen LogP contribution in [0.2, 0.25) is 0 Å². The van der Waals surface area contributed by atoms with Crippen molar-refractivity contribution in [3.8, 4) is 5.75 Å². The molecule has 0 radical (unpaired) electrons. The summed E-state index contributed by atoms with van der Waals surface area (Å²) in [7, 11) is 0. The Morgan fingerprint density at radius 3 is 2.53 bits per heavy atom. The van der Waals surface area contributed by atoms with Crippen molar-refractivity contribution in [1.29, 1.82) is 0 Å². The molecule has 0 saturated heterocycles. The molecular formula is C13H14FNO4. The van der Waals surface area contributed by atoms with E-state index in [2.05, 4.69) is 5.32 Å². The summed E-state index contributed by atoms with van der Waals surface area (Å²) in [6, 6.07) is 3.47. The number of carboxylic acids is 1. The van der Waals surface area contributed by atoms with Crippen LogP contribution in [0.25, 0.3) is 0 Å². The highest BCUT2D eigenvalue weighted by Crippen LogP contribution is 2.40. The number of phenols is 1. The van der Waals surface area contributed by atoms with E-state index in [-0.39, 0.29) is 5.92 Å². The Kier molecular flexibility index (Phi) is 3.18. The molecule has 1 unspecified atom stereocenters. The molecule has 3 N–H and O–H groups in total. The molecule has 1 atom stereocenters. The van der Waals surface area contributed by atoms with Gasteiger partial charge in [-0.2, -0.15) is 0 Å². The molecule has 1 aliphatic carbocycles. The summed E-state index contributed by atoms with van der Waals surface area (Å²) in [6.07, 6.45) is 1.40. The van der Waals surface area contributed by atoms with Crippen molar-refractivity contribution in [1.82, 2.24) is 5.32 Å². The molecule has 1 amide bonds. The zero-order chi connectivity index (χ0) is 14.2. The van der Waals surface area contributed by atoms with Crippen molar-refractivity contribution in [2.75, 3.05) is 0 Å². The standard InChI is InChI=1S/C13H14FNO4/c1-13(12(18)19,7-5-6-7)15-11(17)10-8(14)3-2-4-9(10)16/h2-4,7,16H,5-6H2,1H3,(H,15,17)(H,18,19). The highest BCUT2D eigenvalue weighted by atomic mass is 19.1. The van der Waals surface area contributed by atoms with Gasteiger partial charge in [0.05, 0.1) is 0 Å². The molecule has 19 heavy (non-hydrogen) atoms. The van der Waals surface area contributed by atoms with E-state index >= 15 is 0 Å². The van der Waals surface area contributed by atoms with Crippen LogP contribution in [0.3, 0.4) is 0 Å². The van der Waals surface area contributed by atoms with Gasteiger partial charge in [-0.25, -0.2) is 9.18 Å². The first-order valence-corrected chi connectivity index (χ1v) is 5.89. The number of aromatic hydroxyl groups is 1. The third kappa shape index (κ3) is 2.38. The first-order valence-electron chi connectivity index (χ1n) is 5.89. The summed E-state index contributed by atoms with van der Waals surface area (Å²) in [6.45, 7) is 1.39. The zero-order valence-corrected chi connectivity index (χ0v) is 10.3. The zero-order valence-electron chi connectivity index (χ0n) is 10.3. The number of phenolic OH excluding ortho intramolecular Hbond substituents is 1.